The third kappa shape index (κ3) is 9.34. The number of nitrogens with zero attached hydrogens (tertiary/aromatic N) is 1. The predicted molar refractivity (Wildman–Crippen MR) is 50.2 cm³/mol. The Labute approximate surface area is 104 Å². The molecular formula is C8H10ClF6NO2. The van der Waals surface area contributed by atoms with Crippen molar-refractivity contribution in [3.8, 4) is 0 Å². The number of carbonyl (C=O) groups is 1. The lowest BCUT2D eigenvalue weighted by Gasteiger charge is -2.23. The summed E-state index contributed by atoms with van der Waals surface area (Å²) >= 11 is 5.19. The molecule has 0 aromatic rings. The SMILES string of the molecule is O=C(COCC(F)(F)F)N(CCCl)CC(F)(F)F. The van der Waals surface area contributed by atoms with Crippen LogP contribution in [0.2, 0.25) is 0 Å². The summed E-state index contributed by atoms with van der Waals surface area (Å²) in [5, 5.41) is 0. The molecule has 0 aromatic carbocycles. The largest absolute Gasteiger partial charge is 0.411 e. The molecule has 0 saturated heterocycles. The highest BCUT2D eigenvalue weighted by Gasteiger charge is 2.33. The van der Waals surface area contributed by atoms with Gasteiger partial charge >= 0.3 is 12.4 Å². The van der Waals surface area contributed by atoms with Gasteiger partial charge in [-0.15, -0.1) is 11.6 Å². The Balaban J connectivity index is 4.23. The Morgan fingerprint density at radius 2 is 1.67 bits per heavy atom. The molecule has 0 spiro atoms. The van der Waals surface area contributed by atoms with Crippen LogP contribution in [0, 0.1) is 0 Å². The molecule has 0 aliphatic carbocycles. The summed E-state index contributed by atoms with van der Waals surface area (Å²) in [5.74, 6) is -1.46. The fraction of sp³-hybridized carbons (Fsp3) is 0.875. The van der Waals surface area contributed by atoms with Crippen LogP contribution in [0.4, 0.5) is 26.3 Å². The first-order valence-electron chi connectivity index (χ1n) is 4.60. The highest BCUT2D eigenvalue weighted by Crippen LogP contribution is 2.17. The predicted octanol–water partition coefficient (Wildman–Crippen LogP) is 2.20. The highest BCUT2D eigenvalue weighted by atomic mass is 35.5. The molecule has 0 radical (unpaired) electrons. The van der Waals surface area contributed by atoms with E-state index < -0.39 is 44.6 Å². The van der Waals surface area contributed by atoms with Gasteiger partial charge in [0.05, 0.1) is 0 Å². The maximum atomic E-state index is 12.0. The minimum absolute atomic E-state index is 0.263. The maximum Gasteiger partial charge on any atom is 0.411 e. The van der Waals surface area contributed by atoms with Gasteiger partial charge in [-0.25, -0.2) is 0 Å². The van der Waals surface area contributed by atoms with Gasteiger partial charge in [-0.05, 0) is 0 Å². The number of ether oxygens (including phenoxy) is 1. The second-order valence-corrected chi connectivity index (χ2v) is 3.61. The Morgan fingerprint density at radius 1 is 1.11 bits per heavy atom. The maximum absolute atomic E-state index is 12.0. The van der Waals surface area contributed by atoms with Gasteiger partial charge in [0.15, 0.2) is 0 Å². The van der Waals surface area contributed by atoms with Gasteiger partial charge in [0.1, 0.15) is 19.8 Å². The standard InChI is InChI=1S/C8H10ClF6NO2/c9-1-2-16(4-7(10,11)12)6(17)3-18-5-8(13,14)15/h1-5H2. The van der Waals surface area contributed by atoms with E-state index in [0.29, 0.717) is 4.90 Å². The van der Waals surface area contributed by atoms with Gasteiger partial charge in [-0.2, -0.15) is 26.3 Å². The molecule has 108 valence electrons. The summed E-state index contributed by atoms with van der Waals surface area (Å²) in [6.07, 6.45) is -9.28. The summed E-state index contributed by atoms with van der Waals surface area (Å²) in [5.41, 5.74) is 0. The molecule has 0 unspecified atom stereocenters. The van der Waals surface area contributed by atoms with Crippen LogP contribution in [-0.2, 0) is 9.53 Å². The van der Waals surface area contributed by atoms with Crippen molar-refractivity contribution in [3.63, 3.8) is 0 Å². The molecule has 10 heteroatoms. The minimum Gasteiger partial charge on any atom is -0.362 e. The van der Waals surface area contributed by atoms with Crippen molar-refractivity contribution in [1.82, 2.24) is 4.90 Å². The number of carbonyl (C=O) groups excluding carboxylic acids is 1. The molecule has 0 atom stereocenters. The lowest BCUT2D eigenvalue weighted by molar-refractivity contribution is -0.182. The van der Waals surface area contributed by atoms with E-state index in [2.05, 4.69) is 4.74 Å². The van der Waals surface area contributed by atoms with Crippen molar-refractivity contribution < 1.29 is 35.9 Å². The quantitative estimate of drug-likeness (QED) is 0.556. The van der Waals surface area contributed by atoms with Crippen LogP contribution in [0.15, 0.2) is 0 Å². The molecule has 0 rings (SSSR count). The lowest BCUT2D eigenvalue weighted by Crippen LogP contribution is -2.42. The normalized spacial score (nSPS) is 12.6. The second kappa shape index (κ2) is 7.03. The van der Waals surface area contributed by atoms with Crippen LogP contribution in [0.5, 0.6) is 0 Å². The van der Waals surface area contributed by atoms with Crippen LogP contribution in [0.1, 0.15) is 0 Å². The Hall–Kier alpha value is -0.700. The molecule has 0 aliphatic rings. The average Bonchev–Trinajstić information content (AvgIpc) is 2.12. The molecule has 0 heterocycles. The number of rotatable bonds is 6. The average molecular weight is 302 g/mol. The molecule has 0 bridgehead atoms. The van der Waals surface area contributed by atoms with E-state index in [1.54, 1.807) is 0 Å². The Kier molecular flexibility index (Phi) is 6.76. The molecule has 0 fully saturated rings. The van der Waals surface area contributed by atoms with E-state index in [0.717, 1.165) is 0 Å². The van der Waals surface area contributed by atoms with Crippen LogP contribution in [-0.4, -0.2) is 55.3 Å². The number of hydrogen-bond acceptors (Lipinski definition) is 2. The van der Waals surface area contributed by atoms with E-state index in [-0.39, 0.29) is 5.88 Å². The number of halogens is 7. The monoisotopic (exact) mass is 301 g/mol. The van der Waals surface area contributed by atoms with Crippen molar-refractivity contribution >= 4 is 17.5 Å². The summed E-state index contributed by atoms with van der Waals surface area (Å²) in [4.78, 5) is 11.5. The van der Waals surface area contributed by atoms with Gasteiger partial charge in [-0.3, -0.25) is 4.79 Å². The van der Waals surface area contributed by atoms with Crippen LogP contribution >= 0.6 is 11.6 Å². The topological polar surface area (TPSA) is 29.5 Å². The van der Waals surface area contributed by atoms with Gasteiger partial charge in [-0.1, -0.05) is 0 Å². The molecule has 0 N–H and O–H groups in total. The number of amides is 1. The van der Waals surface area contributed by atoms with Crippen molar-refractivity contribution in [3.05, 3.63) is 0 Å². The molecule has 18 heavy (non-hydrogen) atoms. The van der Waals surface area contributed by atoms with E-state index >= 15 is 0 Å². The first-order chi connectivity index (χ1) is 8.05. The Bertz CT molecular complexity index is 267. The van der Waals surface area contributed by atoms with E-state index in [1.165, 1.54) is 0 Å². The summed E-state index contributed by atoms with van der Waals surface area (Å²) in [6.45, 7) is -4.77. The van der Waals surface area contributed by atoms with Gasteiger partial charge in [0, 0.05) is 12.4 Å². The molecule has 0 saturated carbocycles. The summed E-state index contributed by atoms with van der Waals surface area (Å²) < 4.78 is 75.1. The van der Waals surface area contributed by atoms with Crippen molar-refractivity contribution in [2.45, 2.75) is 12.4 Å². The zero-order chi connectivity index (χ0) is 14.4. The van der Waals surface area contributed by atoms with Crippen molar-refractivity contribution in [1.29, 1.82) is 0 Å². The molecule has 1 amide bonds. The third-order valence-corrected chi connectivity index (χ3v) is 1.74. The Morgan fingerprint density at radius 3 is 2.06 bits per heavy atom. The van der Waals surface area contributed by atoms with Crippen molar-refractivity contribution in [2.75, 3.05) is 32.2 Å². The third-order valence-electron chi connectivity index (χ3n) is 1.57. The zero-order valence-corrected chi connectivity index (χ0v) is 9.70. The number of hydrogen-bond donors (Lipinski definition) is 0. The van der Waals surface area contributed by atoms with E-state index in [1.807, 2.05) is 0 Å². The van der Waals surface area contributed by atoms with E-state index in [4.69, 9.17) is 11.6 Å². The first kappa shape index (κ1) is 17.3. The molecular weight excluding hydrogens is 292 g/mol. The summed E-state index contributed by atoms with van der Waals surface area (Å²) in [6, 6.07) is 0. The first-order valence-corrected chi connectivity index (χ1v) is 5.13. The lowest BCUT2D eigenvalue weighted by atomic mass is 10.4. The van der Waals surface area contributed by atoms with Crippen LogP contribution < -0.4 is 0 Å². The van der Waals surface area contributed by atoms with Crippen molar-refractivity contribution in [2.24, 2.45) is 0 Å². The minimum atomic E-state index is -4.65. The fourth-order valence-electron chi connectivity index (χ4n) is 0.956. The smallest absolute Gasteiger partial charge is 0.362 e. The molecule has 3 nitrogen and oxygen atoms in total. The molecule has 0 aliphatic heterocycles. The van der Waals surface area contributed by atoms with Gasteiger partial charge in [0.2, 0.25) is 5.91 Å². The van der Waals surface area contributed by atoms with Crippen LogP contribution in [0.25, 0.3) is 0 Å². The molecule has 0 aromatic heterocycles. The van der Waals surface area contributed by atoms with E-state index in [9.17, 15) is 31.1 Å². The zero-order valence-electron chi connectivity index (χ0n) is 8.94. The van der Waals surface area contributed by atoms with Gasteiger partial charge in [0.25, 0.3) is 0 Å². The highest BCUT2D eigenvalue weighted by molar-refractivity contribution is 6.18. The second-order valence-electron chi connectivity index (χ2n) is 3.23. The fourth-order valence-corrected chi connectivity index (χ4v) is 1.16. The van der Waals surface area contributed by atoms with Gasteiger partial charge < -0.3 is 9.64 Å². The van der Waals surface area contributed by atoms with Crippen LogP contribution in [0.3, 0.4) is 0 Å². The summed E-state index contributed by atoms with van der Waals surface area (Å²) in [7, 11) is 0. The number of alkyl halides is 7.